The van der Waals surface area contributed by atoms with Crippen LogP contribution in [0.2, 0.25) is 0 Å². The second-order valence-electron chi connectivity index (χ2n) is 0.476. The Morgan fingerprint density at radius 2 is 1.00 bits per heavy atom. The fourth-order valence-corrected chi connectivity index (χ4v) is 0. The van der Waals surface area contributed by atoms with E-state index in [-0.39, 0.29) is 45.5 Å². The monoisotopic (exact) mass is 214 g/mol. The average Bonchev–Trinajstić information content (AvgIpc) is 1.25. The van der Waals surface area contributed by atoms with Gasteiger partial charge >= 0.3 is 45.5 Å². The molecule has 0 bridgehead atoms. The molecule has 0 aromatic carbocycles. The molecule has 0 amide bonds. The molecule has 9 heteroatoms. The minimum Gasteiger partial charge on any atom is -0.328 e. The molecule has 0 spiro atoms. The summed E-state index contributed by atoms with van der Waals surface area (Å²) in [6, 6.07) is 0. The van der Waals surface area contributed by atoms with E-state index in [0.29, 0.717) is 0 Å². The minimum absolute atomic E-state index is 0. The molecule has 0 aliphatic rings. The molecule has 8 nitrogen and oxygen atoms in total. The molecule has 0 aromatic heterocycles. The van der Waals surface area contributed by atoms with Gasteiger partial charge in [-0.15, -0.1) is 20.2 Å². The maximum atomic E-state index is 8.36. The summed E-state index contributed by atoms with van der Waals surface area (Å²) in [7, 11) is 0. The van der Waals surface area contributed by atoms with Gasteiger partial charge in [0, 0.05) is 0 Å². The van der Waals surface area contributed by atoms with E-state index >= 15 is 0 Å². The van der Waals surface area contributed by atoms with E-state index in [4.69, 9.17) is 30.6 Å². The van der Waals surface area contributed by atoms with E-state index in [2.05, 4.69) is 0 Å². The second-order valence-corrected chi connectivity index (χ2v) is 0.476. The minimum atomic E-state index is -1.50. The number of hydrogen-bond donors (Lipinski definition) is 2. The predicted octanol–water partition coefficient (Wildman–Crippen LogP) is -1.08. The summed E-state index contributed by atoms with van der Waals surface area (Å²) in [6.45, 7) is 0. The van der Waals surface area contributed by atoms with Crippen LogP contribution in [0.4, 0.5) is 0 Å². The smallest absolute Gasteiger partial charge is 0.328 e. The van der Waals surface area contributed by atoms with Crippen molar-refractivity contribution in [1.82, 2.24) is 0 Å². The number of nitrogens with zero attached hydrogens (tertiary/aromatic N) is 2. The van der Waals surface area contributed by atoms with Crippen molar-refractivity contribution in [3.05, 3.63) is 20.2 Å². The first kappa shape index (κ1) is 15.9. The molecule has 48 valence electrons. The van der Waals surface area contributed by atoms with Crippen molar-refractivity contribution in [1.29, 1.82) is 0 Å². The first-order valence-corrected chi connectivity index (χ1v) is 1.13. The van der Waals surface area contributed by atoms with Crippen LogP contribution in [0.25, 0.3) is 0 Å². The Kier molecular flexibility index (Phi) is 19.1. The molecule has 0 saturated heterocycles. The maximum absolute atomic E-state index is 8.36. The molecule has 0 radical (unpaired) electrons. The third-order valence-corrected chi connectivity index (χ3v) is 0. The largest absolute Gasteiger partial charge is 2.00 e. The van der Waals surface area contributed by atoms with Crippen LogP contribution in [0.5, 0.6) is 0 Å². The quantitative estimate of drug-likeness (QED) is 0.300. The van der Waals surface area contributed by atoms with Gasteiger partial charge in [-0.3, -0.25) is 0 Å². The number of rotatable bonds is 0. The van der Waals surface area contributed by atoms with Crippen molar-refractivity contribution >= 4 is 45.5 Å². The molecule has 0 aromatic rings. The van der Waals surface area contributed by atoms with Gasteiger partial charge in [-0.1, -0.05) is 0 Å². The summed E-state index contributed by atoms with van der Waals surface area (Å²) in [6.07, 6.45) is 0. The Morgan fingerprint density at radius 1 is 1.00 bits per heavy atom. The number of hydrogen-bond acceptors (Lipinski definition) is 4. The van der Waals surface area contributed by atoms with Gasteiger partial charge in [0.05, 0.1) is 0 Å². The third-order valence-electron chi connectivity index (χ3n) is 0. The van der Waals surface area contributed by atoms with Crippen LogP contribution in [0.15, 0.2) is 0 Å². The Morgan fingerprint density at radius 3 is 1.00 bits per heavy atom. The summed E-state index contributed by atoms with van der Waals surface area (Å²) in [5.41, 5.74) is 0. The van der Waals surface area contributed by atoms with Crippen molar-refractivity contribution in [2.75, 3.05) is 0 Å². The zero-order valence-corrected chi connectivity index (χ0v) is 7.61. The molecule has 0 aliphatic carbocycles. The standard InChI is InChI=1S/2HNO3.Sr/c2*2-1(3)4;/h2*(H,2,3,4);/q;;+2. The molecule has 0 heterocycles. The molecule has 0 rings (SSSR count). The fraction of sp³-hybridized carbons (Fsp3) is 0. The Hall–Kier alpha value is -0.119. The van der Waals surface area contributed by atoms with E-state index in [1.54, 1.807) is 0 Å². The van der Waals surface area contributed by atoms with Crippen LogP contribution < -0.4 is 0 Å². The van der Waals surface area contributed by atoms with Gasteiger partial charge in [0.15, 0.2) is 0 Å². The van der Waals surface area contributed by atoms with Gasteiger partial charge < -0.3 is 10.4 Å². The van der Waals surface area contributed by atoms with Crippen molar-refractivity contribution in [3.63, 3.8) is 0 Å². The van der Waals surface area contributed by atoms with Crippen LogP contribution >= 0.6 is 0 Å². The van der Waals surface area contributed by atoms with Crippen LogP contribution in [0.3, 0.4) is 0 Å². The molecule has 9 heavy (non-hydrogen) atoms. The summed E-state index contributed by atoms with van der Waals surface area (Å²) < 4.78 is 0. The molecule has 0 fully saturated rings. The molecule has 2 N–H and O–H groups in total. The Balaban J connectivity index is -0.0000000720. The topological polar surface area (TPSA) is 127 Å². The van der Waals surface area contributed by atoms with Crippen LogP contribution in [0.1, 0.15) is 0 Å². The van der Waals surface area contributed by atoms with Crippen molar-refractivity contribution in [2.45, 2.75) is 0 Å². The van der Waals surface area contributed by atoms with Crippen LogP contribution in [-0.4, -0.2) is 66.1 Å². The van der Waals surface area contributed by atoms with Gasteiger partial charge in [-0.25, -0.2) is 0 Å². The van der Waals surface area contributed by atoms with Gasteiger partial charge in [-0.2, -0.15) is 0 Å². The first-order valence-electron chi connectivity index (χ1n) is 1.13. The van der Waals surface area contributed by atoms with Gasteiger partial charge in [0.2, 0.25) is 0 Å². The summed E-state index contributed by atoms with van der Waals surface area (Å²) in [5, 5.41) is 27.3. The molecular weight excluding hydrogens is 212 g/mol. The van der Waals surface area contributed by atoms with E-state index in [1.165, 1.54) is 0 Å². The Bertz CT molecular complexity index is 69.1. The van der Waals surface area contributed by atoms with E-state index < -0.39 is 10.2 Å². The SMILES string of the molecule is O=[N+]([O-])O.O=[N+]([O-])O.[Sr+2]. The average molecular weight is 214 g/mol. The van der Waals surface area contributed by atoms with Crippen LogP contribution in [-0.2, 0) is 0 Å². The summed E-state index contributed by atoms with van der Waals surface area (Å²) in [5.74, 6) is 0. The second kappa shape index (κ2) is 10.8. The zero-order valence-electron chi connectivity index (χ0n) is 4.13. The van der Waals surface area contributed by atoms with Crippen LogP contribution in [0, 0.1) is 20.2 Å². The molecular formula is H2N2O6Sr+2. The molecule has 0 atom stereocenters. The third kappa shape index (κ3) is 19100. The molecule has 0 saturated carbocycles. The maximum Gasteiger partial charge on any atom is 2.00 e. The van der Waals surface area contributed by atoms with Gasteiger partial charge in [0.25, 0.3) is 10.2 Å². The molecule has 0 unspecified atom stereocenters. The van der Waals surface area contributed by atoms with E-state index in [9.17, 15) is 0 Å². The summed E-state index contributed by atoms with van der Waals surface area (Å²) >= 11 is 0. The Labute approximate surface area is 85.6 Å². The predicted molar refractivity (Wildman–Crippen MR) is 23.3 cm³/mol. The normalized spacial score (nSPS) is 5.33. The van der Waals surface area contributed by atoms with Crippen molar-refractivity contribution < 1.29 is 20.6 Å². The van der Waals surface area contributed by atoms with Gasteiger partial charge in [0.1, 0.15) is 0 Å². The zero-order chi connectivity index (χ0) is 7.15. The fourth-order valence-electron chi connectivity index (χ4n) is 0. The molecule has 0 aliphatic heterocycles. The van der Waals surface area contributed by atoms with E-state index in [0.717, 1.165) is 0 Å². The van der Waals surface area contributed by atoms with Crippen molar-refractivity contribution in [3.8, 4) is 0 Å². The van der Waals surface area contributed by atoms with Gasteiger partial charge in [-0.05, 0) is 0 Å². The summed E-state index contributed by atoms with van der Waals surface area (Å²) in [4.78, 5) is 16.7. The first-order chi connectivity index (χ1) is 3.46. The van der Waals surface area contributed by atoms with E-state index in [1.807, 2.05) is 0 Å². The van der Waals surface area contributed by atoms with Crippen molar-refractivity contribution in [2.24, 2.45) is 0 Å².